The van der Waals surface area contributed by atoms with E-state index in [0.29, 0.717) is 22.8 Å². The van der Waals surface area contributed by atoms with Gasteiger partial charge in [-0.3, -0.25) is 14.5 Å². The molecule has 0 aromatic heterocycles. The highest BCUT2D eigenvalue weighted by Crippen LogP contribution is 2.30. The van der Waals surface area contributed by atoms with Crippen molar-refractivity contribution in [2.24, 2.45) is 5.92 Å². The van der Waals surface area contributed by atoms with E-state index >= 15 is 0 Å². The molecule has 0 bridgehead atoms. The first-order valence-electron chi connectivity index (χ1n) is 8.53. The summed E-state index contributed by atoms with van der Waals surface area (Å²) in [5.41, 5.74) is 0.922. The standard InChI is InChI=1S/C20H19NO4/c22-19-17-6-1-2-7-18(17)20(23)21(19)10-11-24-15-4-3-5-16(12-15)25-13-14-8-9-14/h1-7,12,14H,8-11,13H2. The molecule has 0 saturated heterocycles. The summed E-state index contributed by atoms with van der Waals surface area (Å²) in [4.78, 5) is 25.8. The highest BCUT2D eigenvalue weighted by molar-refractivity contribution is 6.21. The lowest BCUT2D eigenvalue weighted by Gasteiger charge is -2.15. The predicted molar refractivity (Wildman–Crippen MR) is 92.0 cm³/mol. The summed E-state index contributed by atoms with van der Waals surface area (Å²) in [5, 5.41) is 0. The van der Waals surface area contributed by atoms with Crippen LogP contribution in [0.2, 0.25) is 0 Å². The smallest absolute Gasteiger partial charge is 0.261 e. The molecule has 0 spiro atoms. The van der Waals surface area contributed by atoms with Gasteiger partial charge >= 0.3 is 0 Å². The number of benzene rings is 2. The largest absolute Gasteiger partial charge is 0.493 e. The van der Waals surface area contributed by atoms with E-state index in [2.05, 4.69) is 0 Å². The maximum atomic E-state index is 12.3. The Bertz CT molecular complexity index is 778. The van der Waals surface area contributed by atoms with Gasteiger partial charge in [0.25, 0.3) is 11.8 Å². The molecule has 1 saturated carbocycles. The molecule has 0 unspecified atom stereocenters. The normalized spacial score (nSPS) is 16.1. The van der Waals surface area contributed by atoms with Crippen molar-refractivity contribution in [2.75, 3.05) is 19.8 Å². The van der Waals surface area contributed by atoms with Gasteiger partial charge in [-0.05, 0) is 43.0 Å². The van der Waals surface area contributed by atoms with E-state index in [0.717, 1.165) is 12.4 Å². The zero-order chi connectivity index (χ0) is 17.2. The fourth-order valence-electron chi connectivity index (χ4n) is 2.85. The van der Waals surface area contributed by atoms with Crippen LogP contribution in [0.5, 0.6) is 11.5 Å². The van der Waals surface area contributed by atoms with Crippen LogP contribution in [-0.4, -0.2) is 36.5 Å². The average molecular weight is 337 g/mol. The summed E-state index contributed by atoms with van der Waals surface area (Å²) in [7, 11) is 0. The maximum absolute atomic E-state index is 12.3. The fraction of sp³-hybridized carbons (Fsp3) is 0.300. The van der Waals surface area contributed by atoms with Crippen LogP contribution in [0.25, 0.3) is 0 Å². The molecule has 2 aromatic rings. The number of ether oxygens (including phenoxy) is 2. The molecule has 2 amide bonds. The van der Waals surface area contributed by atoms with Crippen LogP contribution in [0, 0.1) is 5.92 Å². The molecule has 4 rings (SSSR count). The lowest BCUT2D eigenvalue weighted by atomic mass is 10.1. The lowest BCUT2D eigenvalue weighted by molar-refractivity contribution is 0.0631. The van der Waals surface area contributed by atoms with E-state index < -0.39 is 0 Å². The number of nitrogens with zero attached hydrogens (tertiary/aromatic N) is 1. The van der Waals surface area contributed by atoms with Crippen molar-refractivity contribution in [3.63, 3.8) is 0 Å². The van der Waals surface area contributed by atoms with Gasteiger partial charge in [-0.15, -0.1) is 0 Å². The number of carbonyl (C=O) groups excluding carboxylic acids is 2. The van der Waals surface area contributed by atoms with Gasteiger partial charge in [0.2, 0.25) is 0 Å². The molecule has 25 heavy (non-hydrogen) atoms. The molecule has 128 valence electrons. The molecular formula is C20H19NO4. The summed E-state index contributed by atoms with van der Waals surface area (Å²) in [6.45, 7) is 1.22. The number of amides is 2. The van der Waals surface area contributed by atoms with Crippen molar-refractivity contribution >= 4 is 11.8 Å². The third kappa shape index (κ3) is 3.36. The van der Waals surface area contributed by atoms with E-state index in [1.807, 2.05) is 24.3 Å². The molecule has 1 aliphatic heterocycles. The minimum absolute atomic E-state index is 0.222. The van der Waals surface area contributed by atoms with Crippen molar-refractivity contribution in [3.05, 3.63) is 59.7 Å². The number of hydrogen-bond acceptors (Lipinski definition) is 4. The maximum Gasteiger partial charge on any atom is 0.261 e. The van der Waals surface area contributed by atoms with Crippen LogP contribution in [0.1, 0.15) is 33.6 Å². The second kappa shape index (κ2) is 6.59. The molecule has 5 heteroatoms. The third-order valence-electron chi connectivity index (χ3n) is 4.45. The molecule has 0 atom stereocenters. The van der Waals surface area contributed by atoms with E-state index in [9.17, 15) is 9.59 Å². The number of rotatable bonds is 7. The van der Waals surface area contributed by atoms with Gasteiger partial charge < -0.3 is 9.47 Å². The van der Waals surface area contributed by atoms with Gasteiger partial charge in [0.05, 0.1) is 24.3 Å². The number of fused-ring (bicyclic) bond motifs is 1. The summed E-state index contributed by atoms with van der Waals surface area (Å²) in [6, 6.07) is 14.3. The Morgan fingerprint density at radius 2 is 1.52 bits per heavy atom. The minimum Gasteiger partial charge on any atom is -0.493 e. The van der Waals surface area contributed by atoms with Crippen molar-refractivity contribution in [1.82, 2.24) is 4.90 Å². The number of hydrogen-bond donors (Lipinski definition) is 0. The topological polar surface area (TPSA) is 55.8 Å². The Balaban J connectivity index is 1.33. The van der Waals surface area contributed by atoms with Gasteiger partial charge in [0.1, 0.15) is 18.1 Å². The Labute approximate surface area is 146 Å². The summed E-state index contributed by atoms with van der Waals surface area (Å²) in [6.07, 6.45) is 2.49. The highest BCUT2D eigenvalue weighted by Gasteiger charge is 2.34. The van der Waals surface area contributed by atoms with E-state index in [4.69, 9.17) is 9.47 Å². The van der Waals surface area contributed by atoms with Gasteiger partial charge in [0, 0.05) is 6.07 Å². The van der Waals surface area contributed by atoms with Crippen LogP contribution < -0.4 is 9.47 Å². The summed E-state index contributed by atoms with van der Waals surface area (Å²) < 4.78 is 11.4. The molecule has 1 heterocycles. The molecule has 2 aliphatic rings. The molecule has 5 nitrogen and oxygen atoms in total. The SMILES string of the molecule is O=C1c2ccccc2C(=O)N1CCOc1cccc(OCC2CC2)c1. The first-order chi connectivity index (χ1) is 12.2. The van der Waals surface area contributed by atoms with E-state index in [1.165, 1.54) is 17.7 Å². The molecule has 1 fully saturated rings. The first kappa shape index (κ1) is 15.7. The monoisotopic (exact) mass is 337 g/mol. The summed E-state index contributed by atoms with van der Waals surface area (Å²) in [5.74, 6) is 1.63. The van der Waals surface area contributed by atoms with Crippen molar-refractivity contribution in [3.8, 4) is 11.5 Å². The van der Waals surface area contributed by atoms with Crippen LogP contribution in [0.3, 0.4) is 0 Å². The van der Waals surface area contributed by atoms with Crippen molar-refractivity contribution in [1.29, 1.82) is 0 Å². The Morgan fingerprint density at radius 1 is 0.880 bits per heavy atom. The second-order valence-electron chi connectivity index (χ2n) is 6.39. The molecule has 0 radical (unpaired) electrons. The lowest BCUT2D eigenvalue weighted by Crippen LogP contribution is -2.33. The predicted octanol–water partition coefficient (Wildman–Crippen LogP) is 3.15. The van der Waals surface area contributed by atoms with Gasteiger partial charge in [-0.2, -0.15) is 0 Å². The van der Waals surface area contributed by atoms with Gasteiger partial charge in [-0.1, -0.05) is 18.2 Å². The van der Waals surface area contributed by atoms with E-state index in [1.54, 1.807) is 24.3 Å². The highest BCUT2D eigenvalue weighted by atomic mass is 16.5. The first-order valence-corrected chi connectivity index (χ1v) is 8.53. The van der Waals surface area contributed by atoms with Gasteiger partial charge in [0.15, 0.2) is 0 Å². The molecule has 2 aromatic carbocycles. The fourth-order valence-corrected chi connectivity index (χ4v) is 2.85. The second-order valence-corrected chi connectivity index (χ2v) is 6.39. The quantitative estimate of drug-likeness (QED) is 0.728. The molecule has 0 N–H and O–H groups in total. The summed E-state index contributed by atoms with van der Waals surface area (Å²) >= 11 is 0. The van der Waals surface area contributed by atoms with Crippen LogP contribution in [-0.2, 0) is 0 Å². The zero-order valence-electron chi connectivity index (χ0n) is 13.8. The zero-order valence-corrected chi connectivity index (χ0v) is 13.8. The van der Waals surface area contributed by atoms with Gasteiger partial charge in [-0.25, -0.2) is 0 Å². The average Bonchev–Trinajstić information content (AvgIpc) is 3.44. The van der Waals surface area contributed by atoms with E-state index in [-0.39, 0.29) is 25.0 Å². The van der Waals surface area contributed by atoms with Crippen molar-refractivity contribution in [2.45, 2.75) is 12.8 Å². The Hall–Kier alpha value is -2.82. The van der Waals surface area contributed by atoms with Crippen molar-refractivity contribution < 1.29 is 19.1 Å². The Kier molecular flexibility index (Phi) is 4.14. The molecular weight excluding hydrogens is 318 g/mol. The third-order valence-corrected chi connectivity index (χ3v) is 4.45. The van der Waals surface area contributed by atoms with Crippen LogP contribution in [0.4, 0.5) is 0 Å². The van der Waals surface area contributed by atoms with Crippen LogP contribution in [0.15, 0.2) is 48.5 Å². The minimum atomic E-state index is -0.259. The Morgan fingerprint density at radius 3 is 2.16 bits per heavy atom. The molecule has 1 aliphatic carbocycles. The number of carbonyl (C=O) groups is 2. The number of imide groups is 1. The van der Waals surface area contributed by atoms with Crippen LogP contribution >= 0.6 is 0 Å².